The molecule has 1 heterocycles. The Morgan fingerprint density at radius 2 is 2.33 bits per heavy atom. The Morgan fingerprint density at radius 3 is 2.78 bits per heavy atom. The second-order valence-corrected chi connectivity index (χ2v) is 3.49. The maximum Gasteiger partial charge on any atom is 0.0788 e. The second-order valence-electron chi connectivity index (χ2n) is 2.12. The van der Waals surface area contributed by atoms with Gasteiger partial charge in [-0.1, -0.05) is 0 Å². The van der Waals surface area contributed by atoms with Crippen LogP contribution in [0.3, 0.4) is 0 Å². The van der Waals surface area contributed by atoms with Gasteiger partial charge in [-0.15, -0.1) is 11.3 Å². The molecule has 1 nitrogen and oxygen atoms in total. The van der Waals surface area contributed by atoms with Crippen LogP contribution >= 0.6 is 11.3 Å². The summed E-state index contributed by atoms with van der Waals surface area (Å²) < 4.78 is 0. The molecule has 0 bridgehead atoms. The lowest BCUT2D eigenvalue weighted by Gasteiger charge is -1.85. The molecular formula is C7H12NS+. The topological polar surface area (TPSA) is 27.6 Å². The molecule has 1 aromatic heterocycles. The summed E-state index contributed by atoms with van der Waals surface area (Å²) in [5.74, 6) is 0. The predicted octanol–water partition coefficient (Wildman–Crippen LogP) is 0.841. The van der Waals surface area contributed by atoms with Gasteiger partial charge in [0.15, 0.2) is 0 Å². The Labute approximate surface area is 59.5 Å². The summed E-state index contributed by atoms with van der Waals surface area (Å²) in [6.45, 7) is 3.15. The SMILES string of the molecule is Cc1ccc(CC[NH3+])s1. The van der Waals surface area contributed by atoms with Crippen LogP contribution in [0.15, 0.2) is 12.1 Å². The van der Waals surface area contributed by atoms with Crippen molar-refractivity contribution in [3.8, 4) is 0 Å². The van der Waals surface area contributed by atoms with Crippen LogP contribution in [0.5, 0.6) is 0 Å². The minimum Gasteiger partial charge on any atom is -0.357 e. The Kier molecular flexibility index (Phi) is 2.25. The van der Waals surface area contributed by atoms with Crippen molar-refractivity contribution in [1.29, 1.82) is 0 Å². The Balaban J connectivity index is 2.61. The van der Waals surface area contributed by atoms with Gasteiger partial charge in [-0.3, -0.25) is 0 Å². The smallest absolute Gasteiger partial charge is 0.0788 e. The minimum absolute atomic E-state index is 1.01. The summed E-state index contributed by atoms with van der Waals surface area (Å²) in [5, 5.41) is 0. The molecule has 0 saturated carbocycles. The first-order valence-electron chi connectivity index (χ1n) is 3.17. The van der Waals surface area contributed by atoms with Crippen molar-refractivity contribution in [3.05, 3.63) is 21.9 Å². The van der Waals surface area contributed by atoms with E-state index in [1.54, 1.807) is 0 Å². The zero-order valence-electron chi connectivity index (χ0n) is 5.68. The molecule has 0 amide bonds. The van der Waals surface area contributed by atoms with Gasteiger partial charge >= 0.3 is 0 Å². The number of quaternary nitrogens is 1. The molecule has 0 aliphatic heterocycles. The molecule has 0 aliphatic rings. The van der Waals surface area contributed by atoms with E-state index < -0.39 is 0 Å². The summed E-state index contributed by atoms with van der Waals surface area (Å²) >= 11 is 1.87. The van der Waals surface area contributed by atoms with E-state index in [0.29, 0.717) is 0 Å². The van der Waals surface area contributed by atoms with Crippen LogP contribution in [0.2, 0.25) is 0 Å². The lowest BCUT2D eigenvalue weighted by molar-refractivity contribution is -0.366. The molecule has 0 radical (unpaired) electrons. The lowest BCUT2D eigenvalue weighted by Crippen LogP contribution is -2.51. The molecule has 0 saturated heterocycles. The molecule has 1 aromatic rings. The summed E-state index contributed by atoms with van der Waals surface area (Å²) in [5.41, 5.74) is 3.80. The highest BCUT2D eigenvalue weighted by molar-refractivity contribution is 7.11. The van der Waals surface area contributed by atoms with Gasteiger partial charge in [0, 0.05) is 16.2 Å². The van der Waals surface area contributed by atoms with Crippen molar-refractivity contribution >= 4 is 11.3 Å². The second kappa shape index (κ2) is 2.99. The maximum atomic E-state index is 3.80. The van der Waals surface area contributed by atoms with E-state index in [1.807, 2.05) is 11.3 Å². The van der Waals surface area contributed by atoms with Crippen molar-refractivity contribution in [1.82, 2.24) is 0 Å². The van der Waals surface area contributed by atoms with Crippen LogP contribution in [0.4, 0.5) is 0 Å². The number of rotatable bonds is 2. The maximum absolute atomic E-state index is 3.80. The van der Waals surface area contributed by atoms with Crippen LogP contribution in [0, 0.1) is 6.92 Å². The Morgan fingerprint density at radius 1 is 1.56 bits per heavy atom. The van der Waals surface area contributed by atoms with Crippen LogP contribution < -0.4 is 5.73 Å². The van der Waals surface area contributed by atoms with Gasteiger partial charge in [0.25, 0.3) is 0 Å². The normalized spacial score (nSPS) is 10.0. The van der Waals surface area contributed by atoms with Crippen LogP contribution in [0.1, 0.15) is 9.75 Å². The summed E-state index contributed by atoms with van der Waals surface area (Å²) in [6.07, 6.45) is 1.14. The average Bonchev–Trinajstić information content (AvgIpc) is 2.17. The fourth-order valence-electron chi connectivity index (χ4n) is 0.794. The molecule has 9 heavy (non-hydrogen) atoms. The first-order valence-corrected chi connectivity index (χ1v) is 3.99. The standard InChI is InChI=1S/C7H11NS/c1-6-2-3-7(9-6)4-5-8/h2-3H,4-5,8H2,1H3/p+1. The lowest BCUT2D eigenvalue weighted by atomic mass is 10.3. The first kappa shape index (κ1) is 6.78. The minimum atomic E-state index is 1.01. The molecule has 2 heteroatoms. The van der Waals surface area contributed by atoms with E-state index in [1.165, 1.54) is 9.75 Å². The molecule has 50 valence electrons. The highest BCUT2D eigenvalue weighted by Crippen LogP contribution is 2.14. The molecule has 0 atom stereocenters. The van der Waals surface area contributed by atoms with E-state index in [2.05, 4.69) is 24.8 Å². The molecule has 0 aromatic carbocycles. The number of aryl methyl sites for hydroxylation is 1. The fraction of sp³-hybridized carbons (Fsp3) is 0.429. The predicted molar refractivity (Wildman–Crippen MR) is 40.5 cm³/mol. The summed E-state index contributed by atoms with van der Waals surface area (Å²) in [7, 11) is 0. The zero-order chi connectivity index (χ0) is 6.69. The molecule has 0 fully saturated rings. The quantitative estimate of drug-likeness (QED) is 0.634. The van der Waals surface area contributed by atoms with E-state index >= 15 is 0 Å². The molecular weight excluding hydrogens is 130 g/mol. The van der Waals surface area contributed by atoms with Gasteiger partial charge in [-0.2, -0.15) is 0 Å². The van der Waals surface area contributed by atoms with Gasteiger partial charge < -0.3 is 5.73 Å². The van der Waals surface area contributed by atoms with E-state index in [4.69, 9.17) is 0 Å². The van der Waals surface area contributed by atoms with Crippen molar-refractivity contribution in [2.24, 2.45) is 0 Å². The number of hydrogen-bond donors (Lipinski definition) is 1. The van der Waals surface area contributed by atoms with E-state index in [0.717, 1.165) is 13.0 Å². The van der Waals surface area contributed by atoms with Crippen molar-refractivity contribution < 1.29 is 5.73 Å². The first-order chi connectivity index (χ1) is 4.33. The van der Waals surface area contributed by atoms with Crippen molar-refractivity contribution in [2.75, 3.05) is 6.54 Å². The molecule has 3 N–H and O–H groups in total. The molecule has 0 spiro atoms. The third-order valence-corrected chi connectivity index (χ3v) is 2.28. The zero-order valence-corrected chi connectivity index (χ0v) is 6.50. The molecule has 0 aliphatic carbocycles. The fourth-order valence-corrected chi connectivity index (χ4v) is 1.73. The summed E-state index contributed by atoms with van der Waals surface area (Å²) in [6, 6.07) is 4.35. The van der Waals surface area contributed by atoms with Gasteiger partial charge in [0.05, 0.1) is 6.54 Å². The highest BCUT2D eigenvalue weighted by Gasteiger charge is 1.93. The number of thiophene rings is 1. The number of hydrogen-bond acceptors (Lipinski definition) is 1. The van der Waals surface area contributed by atoms with Gasteiger partial charge in [-0.05, 0) is 19.1 Å². The van der Waals surface area contributed by atoms with Crippen LogP contribution in [0.25, 0.3) is 0 Å². The van der Waals surface area contributed by atoms with Crippen molar-refractivity contribution in [2.45, 2.75) is 13.3 Å². The monoisotopic (exact) mass is 142 g/mol. The third kappa shape index (κ3) is 1.80. The van der Waals surface area contributed by atoms with Gasteiger partial charge in [-0.25, -0.2) is 0 Å². The van der Waals surface area contributed by atoms with Gasteiger partial charge in [0.2, 0.25) is 0 Å². The van der Waals surface area contributed by atoms with Crippen LogP contribution in [-0.2, 0) is 6.42 Å². The largest absolute Gasteiger partial charge is 0.357 e. The Bertz CT molecular complexity index is 181. The van der Waals surface area contributed by atoms with Crippen LogP contribution in [-0.4, -0.2) is 6.54 Å². The van der Waals surface area contributed by atoms with Gasteiger partial charge in [0.1, 0.15) is 0 Å². The average molecular weight is 142 g/mol. The van der Waals surface area contributed by atoms with E-state index in [9.17, 15) is 0 Å². The highest BCUT2D eigenvalue weighted by atomic mass is 32.1. The summed E-state index contributed by atoms with van der Waals surface area (Å²) in [4.78, 5) is 2.86. The third-order valence-electron chi connectivity index (χ3n) is 1.22. The molecule has 1 rings (SSSR count). The molecule has 0 unspecified atom stereocenters. The van der Waals surface area contributed by atoms with E-state index in [-0.39, 0.29) is 0 Å². The van der Waals surface area contributed by atoms with Crippen molar-refractivity contribution in [3.63, 3.8) is 0 Å². The Hall–Kier alpha value is -0.340.